The second kappa shape index (κ2) is 2.24. The highest BCUT2D eigenvalue weighted by Gasteiger charge is 2.43. The minimum atomic E-state index is 1.16. The molecule has 4 saturated carbocycles. The van der Waals surface area contributed by atoms with E-state index in [9.17, 15) is 0 Å². The summed E-state index contributed by atoms with van der Waals surface area (Å²) in [5, 5.41) is 0. The highest BCUT2D eigenvalue weighted by Crippen LogP contribution is 2.54. The van der Waals surface area contributed by atoms with Crippen molar-refractivity contribution in [2.24, 2.45) is 23.7 Å². The van der Waals surface area contributed by atoms with Crippen LogP contribution in [0.15, 0.2) is 0 Å². The first kappa shape index (κ1) is 6.51. The molecule has 0 heteroatoms. The molecule has 0 aromatic rings. The molecule has 0 aromatic carbocycles. The Hall–Kier alpha value is 0. The van der Waals surface area contributed by atoms with Crippen molar-refractivity contribution in [1.82, 2.24) is 0 Å². The predicted molar refractivity (Wildman–Crippen MR) is 46.3 cm³/mol. The first-order valence-electron chi connectivity index (χ1n) is 5.43. The van der Waals surface area contributed by atoms with Gasteiger partial charge in [0, 0.05) is 0 Å². The summed E-state index contributed by atoms with van der Waals surface area (Å²) in [6, 6.07) is 0. The Morgan fingerprint density at radius 2 is 1.45 bits per heavy atom. The Labute approximate surface area is 69.4 Å². The van der Waals surface area contributed by atoms with E-state index in [2.05, 4.69) is 0 Å². The van der Waals surface area contributed by atoms with Crippen LogP contribution in [0.5, 0.6) is 0 Å². The van der Waals surface area contributed by atoms with E-state index in [4.69, 9.17) is 0 Å². The van der Waals surface area contributed by atoms with Gasteiger partial charge >= 0.3 is 0 Å². The summed E-state index contributed by atoms with van der Waals surface area (Å²) in [5.41, 5.74) is 0. The lowest BCUT2D eigenvalue weighted by molar-refractivity contribution is -0.000719. The van der Waals surface area contributed by atoms with Gasteiger partial charge in [-0.1, -0.05) is 25.7 Å². The molecule has 4 aliphatic rings. The maximum absolute atomic E-state index is 1.61. The first-order chi connectivity index (χ1) is 5.43. The summed E-state index contributed by atoms with van der Waals surface area (Å²) in [6.07, 6.45) is 11.1. The van der Waals surface area contributed by atoms with E-state index in [1.54, 1.807) is 44.9 Å². The molecule has 2 atom stereocenters. The summed E-state index contributed by atoms with van der Waals surface area (Å²) in [6.45, 7) is 0. The summed E-state index contributed by atoms with van der Waals surface area (Å²) in [7, 11) is 0. The fourth-order valence-corrected chi connectivity index (χ4v) is 4.13. The number of rotatable bonds is 0. The highest BCUT2D eigenvalue weighted by atomic mass is 14.5. The van der Waals surface area contributed by atoms with E-state index in [1.807, 2.05) is 0 Å². The normalized spacial score (nSPS) is 54.5. The average molecular weight is 150 g/mol. The minimum absolute atomic E-state index is 1.16. The third-order valence-electron chi connectivity index (χ3n) is 4.54. The van der Waals surface area contributed by atoms with Crippen molar-refractivity contribution in [2.45, 2.75) is 44.9 Å². The molecule has 0 unspecified atom stereocenters. The molecule has 0 radical (unpaired) electrons. The van der Waals surface area contributed by atoms with Crippen molar-refractivity contribution in [1.29, 1.82) is 0 Å². The van der Waals surface area contributed by atoms with Crippen LogP contribution in [0.25, 0.3) is 0 Å². The Morgan fingerprint density at radius 3 is 2.00 bits per heavy atom. The van der Waals surface area contributed by atoms with Crippen LogP contribution in [-0.4, -0.2) is 0 Å². The van der Waals surface area contributed by atoms with Gasteiger partial charge in [0.2, 0.25) is 0 Å². The molecule has 0 aromatic heterocycles. The van der Waals surface area contributed by atoms with Crippen molar-refractivity contribution in [3.63, 3.8) is 0 Å². The van der Waals surface area contributed by atoms with Gasteiger partial charge in [-0.05, 0) is 42.9 Å². The lowest BCUT2D eigenvalue weighted by Crippen LogP contribution is -2.40. The molecular formula is C11H18. The van der Waals surface area contributed by atoms with Gasteiger partial charge < -0.3 is 0 Å². The monoisotopic (exact) mass is 150 g/mol. The fourth-order valence-electron chi connectivity index (χ4n) is 4.13. The lowest BCUT2D eigenvalue weighted by Gasteiger charge is -2.51. The van der Waals surface area contributed by atoms with Gasteiger partial charge in [-0.15, -0.1) is 0 Å². The lowest BCUT2D eigenvalue weighted by atomic mass is 9.55. The molecule has 0 nitrogen and oxygen atoms in total. The SMILES string of the molecule is C1C[C@@H]2CC3CCC2[C@H](C1)C3. The largest absolute Gasteiger partial charge is 0.0528 e. The van der Waals surface area contributed by atoms with E-state index < -0.39 is 0 Å². The molecule has 0 N–H and O–H groups in total. The number of hydrogen-bond donors (Lipinski definition) is 0. The average Bonchev–Trinajstić information content (AvgIpc) is 2.05. The van der Waals surface area contributed by atoms with Gasteiger partial charge in [0.1, 0.15) is 0 Å². The van der Waals surface area contributed by atoms with Crippen molar-refractivity contribution < 1.29 is 0 Å². The standard InChI is InChI=1S/C11H18/c1-2-9-6-8-4-5-11(9)10(3-1)7-8/h8-11H,1-7H2/t8?,9-,10-,11?/m1/s1. The minimum Gasteiger partial charge on any atom is -0.0528 e. The van der Waals surface area contributed by atoms with E-state index in [1.165, 1.54) is 17.8 Å². The summed E-state index contributed by atoms with van der Waals surface area (Å²) < 4.78 is 0. The molecule has 4 aliphatic carbocycles. The molecule has 0 heterocycles. The van der Waals surface area contributed by atoms with Crippen molar-refractivity contribution in [3.05, 3.63) is 0 Å². The fraction of sp³-hybridized carbons (Fsp3) is 1.00. The highest BCUT2D eigenvalue weighted by molar-refractivity contribution is 4.94. The second-order valence-electron chi connectivity index (χ2n) is 5.03. The molecule has 62 valence electrons. The van der Waals surface area contributed by atoms with Gasteiger partial charge in [0.15, 0.2) is 0 Å². The third kappa shape index (κ3) is 0.878. The summed E-state index contributed by atoms with van der Waals surface area (Å²) in [5.74, 6) is 4.71. The number of fused-ring (bicyclic) bond motifs is 1. The maximum atomic E-state index is 1.61. The van der Waals surface area contributed by atoms with Crippen LogP contribution in [-0.2, 0) is 0 Å². The number of hydrogen-bond acceptors (Lipinski definition) is 0. The van der Waals surface area contributed by atoms with Gasteiger partial charge in [0.05, 0.1) is 0 Å². The molecule has 11 heavy (non-hydrogen) atoms. The predicted octanol–water partition coefficient (Wildman–Crippen LogP) is 3.22. The topological polar surface area (TPSA) is 0 Å². The zero-order valence-corrected chi connectivity index (χ0v) is 7.26. The van der Waals surface area contributed by atoms with Gasteiger partial charge in [-0.3, -0.25) is 0 Å². The van der Waals surface area contributed by atoms with E-state index in [0.717, 1.165) is 5.92 Å². The van der Waals surface area contributed by atoms with Crippen molar-refractivity contribution in [2.75, 3.05) is 0 Å². The quantitative estimate of drug-likeness (QED) is 0.497. The molecule has 0 amide bonds. The zero-order valence-electron chi connectivity index (χ0n) is 7.26. The van der Waals surface area contributed by atoms with E-state index in [0.29, 0.717) is 0 Å². The molecular weight excluding hydrogens is 132 g/mol. The Morgan fingerprint density at radius 1 is 0.727 bits per heavy atom. The van der Waals surface area contributed by atoms with Crippen molar-refractivity contribution >= 4 is 0 Å². The van der Waals surface area contributed by atoms with Crippen molar-refractivity contribution in [3.8, 4) is 0 Å². The third-order valence-corrected chi connectivity index (χ3v) is 4.54. The molecule has 0 aliphatic heterocycles. The molecule has 4 bridgehead atoms. The molecule has 0 saturated heterocycles. The molecule has 4 rings (SSSR count). The second-order valence-corrected chi connectivity index (χ2v) is 5.03. The van der Waals surface area contributed by atoms with Crippen LogP contribution >= 0.6 is 0 Å². The van der Waals surface area contributed by atoms with Gasteiger partial charge in [0.25, 0.3) is 0 Å². The maximum Gasteiger partial charge on any atom is -0.0357 e. The zero-order chi connectivity index (χ0) is 7.26. The van der Waals surface area contributed by atoms with Crippen LogP contribution in [0.2, 0.25) is 0 Å². The Kier molecular flexibility index (Phi) is 1.33. The van der Waals surface area contributed by atoms with Crippen LogP contribution < -0.4 is 0 Å². The Bertz CT molecular complexity index is 147. The Balaban J connectivity index is 1.88. The van der Waals surface area contributed by atoms with Gasteiger partial charge in [-0.2, -0.15) is 0 Å². The van der Waals surface area contributed by atoms with Crippen LogP contribution in [0, 0.1) is 23.7 Å². The van der Waals surface area contributed by atoms with E-state index >= 15 is 0 Å². The molecule has 0 spiro atoms. The van der Waals surface area contributed by atoms with Gasteiger partial charge in [-0.25, -0.2) is 0 Å². The first-order valence-corrected chi connectivity index (χ1v) is 5.43. The smallest absolute Gasteiger partial charge is 0.0357 e. The van der Waals surface area contributed by atoms with Crippen LogP contribution in [0.3, 0.4) is 0 Å². The van der Waals surface area contributed by atoms with Crippen LogP contribution in [0.4, 0.5) is 0 Å². The summed E-state index contributed by atoms with van der Waals surface area (Å²) in [4.78, 5) is 0. The van der Waals surface area contributed by atoms with Crippen LogP contribution in [0.1, 0.15) is 44.9 Å². The van der Waals surface area contributed by atoms with E-state index in [-0.39, 0.29) is 0 Å². The molecule has 4 fully saturated rings. The summed E-state index contributed by atoms with van der Waals surface area (Å²) >= 11 is 0.